The largest absolute Gasteiger partial charge is 0.451 e. The van der Waals surface area contributed by atoms with Crippen molar-refractivity contribution >= 4 is 23.5 Å². The molecule has 0 saturated heterocycles. The standard InChI is InChI=1S/C20H25N3O6/c1-14(19(25)21-11-10-15-6-3-2-4-7-15)29-18(24)13-22-20(26)16-8-5-9-17(12-16)23(27)28/h5-6,8-9,12,14H,2-4,7,10-11,13H2,1H3,(H,21,25)(H,22,26)/t14-/m1/s1. The molecule has 1 aliphatic rings. The molecule has 2 rings (SSSR count). The van der Waals surface area contributed by atoms with Gasteiger partial charge in [0, 0.05) is 24.2 Å². The molecule has 9 heteroatoms. The second kappa shape index (κ2) is 10.9. The zero-order valence-electron chi connectivity index (χ0n) is 16.3. The number of rotatable bonds is 9. The van der Waals surface area contributed by atoms with Gasteiger partial charge >= 0.3 is 5.97 Å². The van der Waals surface area contributed by atoms with Crippen LogP contribution in [0.1, 0.15) is 49.4 Å². The van der Waals surface area contributed by atoms with Gasteiger partial charge in [0.05, 0.1) is 4.92 Å². The number of nitrogens with zero attached hydrogens (tertiary/aromatic N) is 1. The van der Waals surface area contributed by atoms with Crippen LogP contribution in [0.3, 0.4) is 0 Å². The molecule has 0 unspecified atom stereocenters. The highest BCUT2D eigenvalue weighted by atomic mass is 16.6. The van der Waals surface area contributed by atoms with E-state index in [0.29, 0.717) is 6.54 Å². The van der Waals surface area contributed by atoms with Gasteiger partial charge in [0.25, 0.3) is 17.5 Å². The predicted octanol–water partition coefficient (Wildman–Crippen LogP) is 2.26. The van der Waals surface area contributed by atoms with Crippen molar-refractivity contribution in [3.63, 3.8) is 0 Å². The molecule has 0 aliphatic heterocycles. The van der Waals surface area contributed by atoms with Crippen LogP contribution in [0, 0.1) is 10.1 Å². The van der Waals surface area contributed by atoms with Crippen LogP contribution < -0.4 is 10.6 Å². The molecule has 156 valence electrons. The number of hydrogen-bond donors (Lipinski definition) is 2. The summed E-state index contributed by atoms with van der Waals surface area (Å²) in [6.07, 6.45) is 6.53. The van der Waals surface area contributed by atoms with Crippen molar-refractivity contribution in [1.29, 1.82) is 0 Å². The summed E-state index contributed by atoms with van der Waals surface area (Å²) < 4.78 is 5.01. The van der Waals surface area contributed by atoms with Gasteiger partial charge in [-0.05, 0) is 45.1 Å². The molecule has 0 bridgehead atoms. The topological polar surface area (TPSA) is 128 Å². The average molecular weight is 403 g/mol. The third-order valence-corrected chi connectivity index (χ3v) is 4.52. The summed E-state index contributed by atoms with van der Waals surface area (Å²) in [6.45, 7) is 1.48. The molecule has 2 N–H and O–H groups in total. The highest BCUT2D eigenvalue weighted by molar-refractivity contribution is 5.96. The number of nitro benzene ring substituents is 1. The number of hydrogen-bond acceptors (Lipinski definition) is 6. The van der Waals surface area contributed by atoms with Gasteiger partial charge in [-0.25, -0.2) is 0 Å². The molecule has 0 radical (unpaired) electrons. The van der Waals surface area contributed by atoms with E-state index in [9.17, 15) is 24.5 Å². The van der Waals surface area contributed by atoms with Gasteiger partial charge in [-0.3, -0.25) is 24.5 Å². The Kier molecular flexibility index (Phi) is 8.32. The molecule has 0 spiro atoms. The Morgan fingerprint density at radius 1 is 1.24 bits per heavy atom. The van der Waals surface area contributed by atoms with Gasteiger partial charge in [0.2, 0.25) is 0 Å². The van der Waals surface area contributed by atoms with Crippen molar-refractivity contribution in [2.24, 2.45) is 0 Å². The number of amides is 2. The quantitative estimate of drug-likeness (QED) is 0.282. The first-order valence-electron chi connectivity index (χ1n) is 9.54. The zero-order chi connectivity index (χ0) is 21.2. The van der Waals surface area contributed by atoms with E-state index >= 15 is 0 Å². The minimum absolute atomic E-state index is 0.0507. The number of carbonyl (C=O) groups excluding carboxylic acids is 3. The molecule has 1 aromatic rings. The van der Waals surface area contributed by atoms with Crippen LogP contribution in [0.5, 0.6) is 0 Å². The second-order valence-corrected chi connectivity index (χ2v) is 6.77. The van der Waals surface area contributed by atoms with Gasteiger partial charge in [-0.2, -0.15) is 0 Å². The van der Waals surface area contributed by atoms with E-state index in [1.807, 2.05) is 0 Å². The lowest BCUT2D eigenvalue weighted by Gasteiger charge is -2.15. The third kappa shape index (κ3) is 7.36. The second-order valence-electron chi connectivity index (χ2n) is 6.77. The van der Waals surface area contributed by atoms with Crippen molar-refractivity contribution in [1.82, 2.24) is 10.6 Å². The molecule has 1 atom stereocenters. The van der Waals surface area contributed by atoms with E-state index in [4.69, 9.17) is 4.74 Å². The van der Waals surface area contributed by atoms with Gasteiger partial charge in [-0.1, -0.05) is 17.7 Å². The van der Waals surface area contributed by atoms with Crippen LogP contribution in [0.25, 0.3) is 0 Å². The highest BCUT2D eigenvalue weighted by Gasteiger charge is 2.19. The zero-order valence-corrected chi connectivity index (χ0v) is 16.3. The fourth-order valence-corrected chi connectivity index (χ4v) is 2.93. The Bertz CT molecular complexity index is 805. The predicted molar refractivity (Wildman–Crippen MR) is 105 cm³/mol. The van der Waals surface area contributed by atoms with Crippen molar-refractivity contribution in [3.8, 4) is 0 Å². The maximum Gasteiger partial charge on any atom is 0.326 e. The Hall–Kier alpha value is -3.23. The first kappa shape index (κ1) is 22.1. The summed E-state index contributed by atoms with van der Waals surface area (Å²) in [5.74, 6) is -1.83. The van der Waals surface area contributed by atoms with E-state index in [1.165, 1.54) is 43.5 Å². The number of benzene rings is 1. The van der Waals surface area contributed by atoms with E-state index in [2.05, 4.69) is 16.7 Å². The summed E-state index contributed by atoms with van der Waals surface area (Å²) in [7, 11) is 0. The normalized spacial score (nSPS) is 14.3. The molecular formula is C20H25N3O6. The molecule has 0 aromatic heterocycles. The summed E-state index contributed by atoms with van der Waals surface area (Å²) in [5.41, 5.74) is 1.16. The van der Waals surface area contributed by atoms with Crippen molar-refractivity contribution in [2.75, 3.05) is 13.1 Å². The minimum Gasteiger partial charge on any atom is -0.451 e. The molecular weight excluding hydrogens is 378 g/mol. The number of allylic oxidation sites excluding steroid dienone is 1. The maximum atomic E-state index is 12.0. The molecule has 1 aliphatic carbocycles. The Morgan fingerprint density at radius 3 is 2.72 bits per heavy atom. The molecule has 9 nitrogen and oxygen atoms in total. The molecule has 29 heavy (non-hydrogen) atoms. The number of esters is 1. The summed E-state index contributed by atoms with van der Waals surface area (Å²) in [4.78, 5) is 46.0. The summed E-state index contributed by atoms with van der Waals surface area (Å²) in [5, 5.41) is 15.8. The number of ether oxygens (including phenoxy) is 1. The third-order valence-electron chi connectivity index (χ3n) is 4.52. The Morgan fingerprint density at radius 2 is 2.03 bits per heavy atom. The fourth-order valence-electron chi connectivity index (χ4n) is 2.93. The van der Waals surface area contributed by atoms with E-state index in [0.717, 1.165) is 25.3 Å². The molecule has 2 amide bonds. The van der Waals surface area contributed by atoms with Crippen molar-refractivity contribution in [3.05, 3.63) is 51.6 Å². The maximum absolute atomic E-state index is 12.0. The highest BCUT2D eigenvalue weighted by Crippen LogP contribution is 2.19. The SMILES string of the molecule is C[C@@H](OC(=O)CNC(=O)c1cccc([N+](=O)[O-])c1)C(=O)NCCC1=CCCCC1. The van der Waals surface area contributed by atoms with E-state index in [1.54, 1.807) is 0 Å². The Balaban J connectivity index is 1.71. The first-order valence-corrected chi connectivity index (χ1v) is 9.54. The van der Waals surface area contributed by atoms with Gasteiger partial charge in [-0.15, -0.1) is 0 Å². The van der Waals surface area contributed by atoms with Gasteiger partial charge < -0.3 is 15.4 Å². The van der Waals surface area contributed by atoms with Crippen LogP contribution in [0.2, 0.25) is 0 Å². The van der Waals surface area contributed by atoms with Crippen LogP contribution in [-0.4, -0.2) is 41.9 Å². The fraction of sp³-hybridized carbons (Fsp3) is 0.450. The molecule has 0 heterocycles. The lowest BCUT2D eigenvalue weighted by molar-refractivity contribution is -0.384. The Labute approximate surface area is 168 Å². The smallest absolute Gasteiger partial charge is 0.326 e. The number of non-ortho nitro benzene ring substituents is 1. The lowest BCUT2D eigenvalue weighted by atomic mass is 9.97. The van der Waals surface area contributed by atoms with E-state index in [-0.39, 0.29) is 11.3 Å². The van der Waals surface area contributed by atoms with Gasteiger partial charge in [0.15, 0.2) is 6.10 Å². The summed E-state index contributed by atoms with van der Waals surface area (Å²) >= 11 is 0. The lowest BCUT2D eigenvalue weighted by Crippen LogP contribution is -2.39. The molecule has 0 saturated carbocycles. The molecule has 0 fully saturated rings. The van der Waals surface area contributed by atoms with Crippen LogP contribution in [-0.2, 0) is 14.3 Å². The van der Waals surface area contributed by atoms with Crippen LogP contribution in [0.4, 0.5) is 5.69 Å². The van der Waals surface area contributed by atoms with Crippen LogP contribution in [0.15, 0.2) is 35.9 Å². The number of carbonyl (C=O) groups is 3. The number of nitrogens with one attached hydrogen (secondary N) is 2. The van der Waals surface area contributed by atoms with Crippen molar-refractivity contribution in [2.45, 2.75) is 45.1 Å². The monoisotopic (exact) mass is 403 g/mol. The average Bonchev–Trinajstić information content (AvgIpc) is 2.72. The number of nitro groups is 1. The molecule has 1 aromatic carbocycles. The van der Waals surface area contributed by atoms with Crippen molar-refractivity contribution < 1.29 is 24.0 Å². The first-order chi connectivity index (χ1) is 13.9. The van der Waals surface area contributed by atoms with Crippen LogP contribution >= 0.6 is 0 Å². The summed E-state index contributed by atoms with van der Waals surface area (Å²) in [6, 6.07) is 5.14. The minimum atomic E-state index is -0.988. The van der Waals surface area contributed by atoms with Gasteiger partial charge in [0.1, 0.15) is 6.54 Å². The van der Waals surface area contributed by atoms with E-state index < -0.39 is 35.4 Å².